The molecule has 1 aliphatic rings. The van der Waals surface area contributed by atoms with Crippen molar-refractivity contribution in [2.75, 3.05) is 6.79 Å². The van der Waals surface area contributed by atoms with Crippen LogP contribution in [0, 0.1) is 5.82 Å². The zero-order chi connectivity index (χ0) is 26.6. The van der Waals surface area contributed by atoms with Crippen molar-refractivity contribution in [1.82, 2.24) is 10.3 Å². The van der Waals surface area contributed by atoms with Crippen LogP contribution in [0.5, 0.6) is 28.9 Å². The van der Waals surface area contributed by atoms with Gasteiger partial charge in [-0.05, 0) is 42.3 Å². The molecule has 1 unspecified atom stereocenters. The summed E-state index contributed by atoms with van der Waals surface area (Å²) in [7, 11) is 0. The van der Waals surface area contributed by atoms with Crippen LogP contribution in [0.4, 0.5) is 4.39 Å². The molecular weight excluding hydrogens is 515 g/mol. The van der Waals surface area contributed by atoms with Gasteiger partial charge in [0.2, 0.25) is 12.7 Å². The van der Waals surface area contributed by atoms with E-state index in [1.807, 2.05) is 0 Å². The van der Waals surface area contributed by atoms with Gasteiger partial charge in [-0.2, -0.15) is 0 Å². The van der Waals surface area contributed by atoms with Crippen LogP contribution in [0.15, 0.2) is 66.2 Å². The summed E-state index contributed by atoms with van der Waals surface area (Å²) in [5, 5.41) is 11.8. The lowest BCUT2D eigenvalue weighted by atomic mass is 10.0. The number of carboxylic acids is 1. The van der Waals surface area contributed by atoms with Crippen molar-refractivity contribution in [3.05, 3.63) is 82.4 Å². The molecule has 1 amide bonds. The number of hydrogen-bond donors (Lipinski definition) is 2. The van der Waals surface area contributed by atoms with Crippen molar-refractivity contribution in [2.45, 2.75) is 19.6 Å². The number of rotatable bonds is 9. The van der Waals surface area contributed by atoms with E-state index >= 15 is 0 Å². The number of fused-ring (bicyclic) bond motifs is 1. The molecule has 1 atom stereocenters. The van der Waals surface area contributed by atoms with E-state index in [1.54, 1.807) is 42.5 Å². The third-order valence-corrected chi connectivity index (χ3v) is 6.43. The summed E-state index contributed by atoms with van der Waals surface area (Å²) in [5.74, 6) is -0.0597. The van der Waals surface area contributed by atoms with Gasteiger partial charge in [0.25, 0.3) is 5.91 Å². The summed E-state index contributed by atoms with van der Waals surface area (Å²) >= 11 is 1.16. The highest BCUT2D eigenvalue weighted by Crippen LogP contribution is 2.37. The third kappa shape index (κ3) is 5.52. The van der Waals surface area contributed by atoms with E-state index in [0.717, 1.165) is 23.0 Å². The van der Waals surface area contributed by atoms with E-state index in [-0.39, 0.29) is 30.9 Å². The fourth-order valence-electron chi connectivity index (χ4n) is 3.63. The zero-order valence-electron chi connectivity index (χ0n) is 20.0. The van der Waals surface area contributed by atoms with Gasteiger partial charge in [-0.25, -0.2) is 14.2 Å². The normalized spacial score (nSPS) is 12.6. The SMILES string of the molecule is CC(Oc1ccc(-c2ccc(CNC(=O)c3scnc3Oc3ccc4c(c3)OCO4)cc2)c(F)c1)C(=O)O. The Morgan fingerprint density at radius 1 is 1.08 bits per heavy atom. The molecule has 194 valence electrons. The van der Waals surface area contributed by atoms with Crippen LogP contribution in [0.1, 0.15) is 22.2 Å². The van der Waals surface area contributed by atoms with Crippen molar-refractivity contribution in [3.8, 4) is 40.0 Å². The Balaban J connectivity index is 1.20. The summed E-state index contributed by atoms with van der Waals surface area (Å²) in [5.41, 5.74) is 3.29. The molecule has 0 radical (unpaired) electrons. The summed E-state index contributed by atoms with van der Waals surface area (Å²) in [4.78, 5) is 28.2. The number of ether oxygens (including phenoxy) is 4. The number of nitrogens with one attached hydrogen (secondary N) is 1. The summed E-state index contributed by atoms with van der Waals surface area (Å²) in [6.45, 7) is 1.75. The minimum absolute atomic E-state index is 0.130. The second-order valence-electron chi connectivity index (χ2n) is 8.22. The molecule has 1 aliphatic heterocycles. The third-order valence-electron chi connectivity index (χ3n) is 5.62. The largest absolute Gasteiger partial charge is 0.479 e. The number of halogens is 1. The molecule has 0 saturated heterocycles. The van der Waals surface area contributed by atoms with Gasteiger partial charge in [-0.15, -0.1) is 11.3 Å². The van der Waals surface area contributed by atoms with Gasteiger partial charge < -0.3 is 29.4 Å². The maximum atomic E-state index is 14.6. The van der Waals surface area contributed by atoms with Gasteiger partial charge >= 0.3 is 5.97 Å². The molecule has 3 aromatic carbocycles. The van der Waals surface area contributed by atoms with Crippen LogP contribution in [0.2, 0.25) is 0 Å². The smallest absolute Gasteiger partial charge is 0.344 e. The van der Waals surface area contributed by atoms with Gasteiger partial charge in [0.1, 0.15) is 17.3 Å². The van der Waals surface area contributed by atoms with E-state index < -0.39 is 17.9 Å². The van der Waals surface area contributed by atoms with Crippen LogP contribution >= 0.6 is 11.3 Å². The Morgan fingerprint density at radius 2 is 1.84 bits per heavy atom. The molecule has 0 saturated carbocycles. The number of carbonyl (C=O) groups excluding carboxylic acids is 1. The fourth-order valence-corrected chi connectivity index (χ4v) is 4.26. The Hall–Kier alpha value is -4.64. The molecule has 0 fully saturated rings. The Kier molecular flexibility index (Phi) is 7.09. The number of hydrogen-bond acceptors (Lipinski definition) is 8. The number of thiazole rings is 1. The van der Waals surface area contributed by atoms with Crippen molar-refractivity contribution < 1.29 is 38.0 Å². The first kappa shape index (κ1) is 25.0. The quantitative estimate of drug-likeness (QED) is 0.298. The number of aliphatic carboxylic acids is 1. The first-order valence-corrected chi connectivity index (χ1v) is 12.3. The number of nitrogens with zero attached hydrogens (tertiary/aromatic N) is 1. The monoisotopic (exact) mass is 536 g/mol. The molecule has 38 heavy (non-hydrogen) atoms. The van der Waals surface area contributed by atoms with E-state index in [0.29, 0.717) is 33.3 Å². The first-order chi connectivity index (χ1) is 18.4. The van der Waals surface area contributed by atoms with Crippen molar-refractivity contribution >= 4 is 23.2 Å². The Labute approximate surface area is 220 Å². The van der Waals surface area contributed by atoms with Crippen LogP contribution < -0.4 is 24.3 Å². The lowest BCUT2D eigenvalue weighted by Gasteiger charge is -2.12. The summed E-state index contributed by atoms with van der Waals surface area (Å²) in [6, 6.07) is 16.3. The number of amides is 1. The molecule has 4 aromatic rings. The molecule has 5 rings (SSSR count). The fraction of sp³-hybridized carbons (Fsp3) is 0.148. The lowest BCUT2D eigenvalue weighted by Crippen LogP contribution is -2.22. The van der Waals surface area contributed by atoms with Crippen LogP contribution in [0.3, 0.4) is 0 Å². The minimum Gasteiger partial charge on any atom is -0.479 e. The average Bonchev–Trinajstić information content (AvgIpc) is 3.57. The maximum absolute atomic E-state index is 14.6. The minimum atomic E-state index is -1.14. The second-order valence-corrected chi connectivity index (χ2v) is 9.08. The van der Waals surface area contributed by atoms with Crippen molar-refractivity contribution in [2.24, 2.45) is 0 Å². The molecule has 0 bridgehead atoms. The van der Waals surface area contributed by atoms with E-state index in [4.69, 9.17) is 24.1 Å². The lowest BCUT2D eigenvalue weighted by molar-refractivity contribution is -0.144. The number of carboxylic acid groups (broad SMARTS) is 1. The second kappa shape index (κ2) is 10.8. The van der Waals surface area contributed by atoms with Crippen LogP contribution in [-0.2, 0) is 11.3 Å². The number of benzene rings is 3. The van der Waals surface area contributed by atoms with Crippen molar-refractivity contribution in [1.29, 1.82) is 0 Å². The molecule has 0 spiro atoms. The molecular formula is C27H21FN2O7S. The number of carbonyl (C=O) groups is 2. The Morgan fingerprint density at radius 3 is 2.61 bits per heavy atom. The molecule has 1 aromatic heterocycles. The first-order valence-electron chi connectivity index (χ1n) is 11.4. The van der Waals surface area contributed by atoms with Crippen LogP contribution in [-0.4, -0.2) is 34.9 Å². The topological polar surface area (TPSA) is 116 Å². The molecule has 11 heteroatoms. The Bertz CT molecular complexity index is 1490. The van der Waals surface area contributed by atoms with Gasteiger partial charge in [0, 0.05) is 24.2 Å². The van der Waals surface area contributed by atoms with Gasteiger partial charge in [-0.3, -0.25) is 4.79 Å². The van der Waals surface area contributed by atoms with Gasteiger partial charge in [0.05, 0.1) is 5.51 Å². The zero-order valence-corrected chi connectivity index (χ0v) is 20.8. The molecule has 0 aliphatic carbocycles. The molecule has 9 nitrogen and oxygen atoms in total. The van der Waals surface area contributed by atoms with Crippen LogP contribution in [0.25, 0.3) is 11.1 Å². The van der Waals surface area contributed by atoms with E-state index in [1.165, 1.54) is 24.6 Å². The molecule has 2 heterocycles. The average molecular weight is 537 g/mol. The highest BCUT2D eigenvalue weighted by atomic mass is 32.1. The van der Waals surface area contributed by atoms with Crippen molar-refractivity contribution in [3.63, 3.8) is 0 Å². The maximum Gasteiger partial charge on any atom is 0.344 e. The van der Waals surface area contributed by atoms with E-state index in [2.05, 4.69) is 10.3 Å². The van der Waals surface area contributed by atoms with Gasteiger partial charge in [-0.1, -0.05) is 24.3 Å². The van der Waals surface area contributed by atoms with E-state index in [9.17, 15) is 14.0 Å². The predicted octanol–water partition coefficient (Wildman–Crippen LogP) is 5.25. The molecule has 2 N–H and O–H groups in total. The number of aromatic nitrogens is 1. The summed E-state index contributed by atoms with van der Waals surface area (Å²) in [6.07, 6.45) is -1.09. The standard InChI is InChI=1S/C27H21FN2O7S/c1-15(27(32)33)36-18-6-8-20(21(28)10-18)17-4-2-16(3-5-17)12-29-25(31)24-26(30-13-38-24)37-19-7-9-22-23(11-19)35-14-34-22/h2-11,13,15H,12,14H2,1H3,(H,29,31)(H,32,33). The predicted molar refractivity (Wildman–Crippen MR) is 135 cm³/mol. The van der Waals surface area contributed by atoms with Gasteiger partial charge in [0.15, 0.2) is 22.5 Å². The highest BCUT2D eigenvalue weighted by molar-refractivity contribution is 7.12. The highest BCUT2D eigenvalue weighted by Gasteiger charge is 2.19. The summed E-state index contributed by atoms with van der Waals surface area (Å²) < 4.78 is 36.3.